The molecule has 0 bridgehead atoms. The van der Waals surface area contributed by atoms with Gasteiger partial charge in [0.25, 0.3) is 0 Å². The summed E-state index contributed by atoms with van der Waals surface area (Å²) in [4.78, 5) is 31.8. The van der Waals surface area contributed by atoms with Crippen molar-refractivity contribution in [1.29, 1.82) is 0 Å². The van der Waals surface area contributed by atoms with E-state index >= 15 is 0 Å². The van der Waals surface area contributed by atoms with Crippen LogP contribution in [0.3, 0.4) is 0 Å². The van der Waals surface area contributed by atoms with Gasteiger partial charge in [-0.2, -0.15) is 0 Å². The number of carbonyl (C=O) groups excluding carboxylic acids is 2. The fourth-order valence-corrected chi connectivity index (χ4v) is 6.19. The maximum atomic E-state index is 12.8. The van der Waals surface area contributed by atoms with Gasteiger partial charge in [-0.15, -0.1) is 0 Å². The Hall–Kier alpha value is -4.11. The van der Waals surface area contributed by atoms with Crippen molar-refractivity contribution in [3.63, 3.8) is 0 Å². The number of ketones is 2. The average molecular weight is 735 g/mol. The lowest BCUT2D eigenvalue weighted by atomic mass is 9.84. The van der Waals surface area contributed by atoms with E-state index in [1.54, 1.807) is 43.4 Å². The predicted molar refractivity (Wildman–Crippen MR) is 218 cm³/mol. The summed E-state index contributed by atoms with van der Waals surface area (Å²) in [5.41, 5.74) is 4.66. The van der Waals surface area contributed by atoms with E-state index in [-0.39, 0.29) is 29.3 Å². The first kappa shape index (κ1) is 45.0. The Bertz CT molecular complexity index is 1580. The molecule has 0 aliphatic rings. The Morgan fingerprint density at radius 2 is 1.30 bits per heavy atom. The molecule has 2 aromatic rings. The molecule has 0 heterocycles. The van der Waals surface area contributed by atoms with Crippen LogP contribution in [0, 0.1) is 17.8 Å². The number of benzene rings is 2. The van der Waals surface area contributed by atoms with Crippen LogP contribution in [0.4, 0.5) is 11.4 Å². The number of nitrogens with zero attached hydrogens (tertiary/aromatic N) is 2. The Labute approximate surface area is 319 Å². The van der Waals surface area contributed by atoms with Crippen molar-refractivity contribution < 1.29 is 33.6 Å². The molecule has 0 aromatic heterocycles. The zero-order valence-corrected chi connectivity index (χ0v) is 34.5. The Balaban J connectivity index is 2.15. The SMILES string of the molecule is C/C=C(/C)CC(C=Nc1cc(OCCCCCOc2cc(N(C)C(O)C(C/C(C)=C\C)C(C)CC)c(C(C)=O)cc2OC)c(OC)cc1C(C)=O)CC. The number of hydrogen-bond donors (Lipinski definition) is 1. The lowest BCUT2D eigenvalue weighted by Gasteiger charge is -2.36. The summed E-state index contributed by atoms with van der Waals surface area (Å²) >= 11 is 0. The minimum absolute atomic E-state index is 0.0213. The molecule has 53 heavy (non-hydrogen) atoms. The number of hydrogen-bond acceptors (Lipinski definition) is 9. The maximum absolute atomic E-state index is 12.8. The van der Waals surface area contributed by atoms with Crippen LogP contribution in [-0.2, 0) is 0 Å². The highest BCUT2D eigenvalue weighted by atomic mass is 16.5. The number of ether oxygens (including phenoxy) is 4. The number of carbonyl (C=O) groups is 2. The first-order chi connectivity index (χ1) is 25.3. The minimum atomic E-state index is -0.805. The number of unbranched alkanes of at least 4 members (excludes halogenated alkanes) is 2. The Kier molecular flexibility index (Phi) is 19.4. The second kappa shape index (κ2) is 22.8. The van der Waals surface area contributed by atoms with Crippen LogP contribution in [0.1, 0.15) is 128 Å². The molecule has 0 radical (unpaired) electrons. The second-order valence-corrected chi connectivity index (χ2v) is 14.1. The Morgan fingerprint density at radius 1 is 0.774 bits per heavy atom. The molecule has 0 fully saturated rings. The van der Waals surface area contributed by atoms with Crippen LogP contribution in [0.15, 0.2) is 52.6 Å². The lowest BCUT2D eigenvalue weighted by molar-refractivity contribution is 0.0756. The molecule has 4 unspecified atom stereocenters. The summed E-state index contributed by atoms with van der Waals surface area (Å²) in [6.07, 6.45) is 11.2. The summed E-state index contributed by atoms with van der Waals surface area (Å²) in [7, 11) is 4.95. The average Bonchev–Trinajstić information content (AvgIpc) is 3.16. The number of rotatable bonds is 24. The highest BCUT2D eigenvalue weighted by molar-refractivity contribution is 6.01. The van der Waals surface area contributed by atoms with Crippen molar-refractivity contribution in [2.75, 3.05) is 39.4 Å². The van der Waals surface area contributed by atoms with Crippen molar-refractivity contribution in [2.24, 2.45) is 22.7 Å². The largest absolute Gasteiger partial charge is 0.493 e. The van der Waals surface area contributed by atoms with Gasteiger partial charge in [-0.1, -0.05) is 50.5 Å². The number of anilines is 1. The van der Waals surface area contributed by atoms with Gasteiger partial charge >= 0.3 is 0 Å². The fourth-order valence-electron chi connectivity index (χ4n) is 6.19. The second-order valence-electron chi connectivity index (χ2n) is 14.1. The molecule has 9 nitrogen and oxygen atoms in total. The summed E-state index contributed by atoms with van der Waals surface area (Å²) in [5, 5.41) is 11.6. The molecular weight excluding hydrogens is 668 g/mol. The maximum Gasteiger partial charge on any atom is 0.163 e. The monoisotopic (exact) mass is 734 g/mol. The van der Waals surface area contributed by atoms with E-state index in [2.05, 4.69) is 46.8 Å². The number of allylic oxidation sites excluding steroid dienone is 4. The van der Waals surface area contributed by atoms with Crippen LogP contribution < -0.4 is 23.8 Å². The molecule has 294 valence electrons. The minimum Gasteiger partial charge on any atom is -0.493 e. The van der Waals surface area contributed by atoms with Gasteiger partial charge in [0.1, 0.15) is 6.23 Å². The fraction of sp³-hybridized carbons (Fsp3) is 0.568. The van der Waals surface area contributed by atoms with Gasteiger partial charge < -0.3 is 29.0 Å². The summed E-state index contributed by atoms with van der Waals surface area (Å²) in [6.45, 7) is 18.6. The third-order valence-corrected chi connectivity index (χ3v) is 10.2. The number of Topliss-reactive ketones (excluding diaryl/α,β-unsaturated/α-hetero) is 2. The smallest absolute Gasteiger partial charge is 0.163 e. The third kappa shape index (κ3) is 13.4. The molecule has 0 saturated carbocycles. The van der Waals surface area contributed by atoms with E-state index in [9.17, 15) is 14.7 Å². The predicted octanol–water partition coefficient (Wildman–Crippen LogP) is 10.6. The summed E-state index contributed by atoms with van der Waals surface area (Å²) in [5.74, 6) is 2.34. The van der Waals surface area contributed by atoms with Crippen molar-refractivity contribution in [1.82, 2.24) is 0 Å². The van der Waals surface area contributed by atoms with Crippen molar-refractivity contribution >= 4 is 29.2 Å². The molecule has 0 aliphatic heterocycles. The highest BCUT2D eigenvalue weighted by Gasteiger charge is 2.30. The van der Waals surface area contributed by atoms with Crippen LogP contribution in [0.5, 0.6) is 23.0 Å². The molecule has 0 amide bonds. The molecule has 0 spiro atoms. The van der Waals surface area contributed by atoms with Crippen LogP contribution in [0.2, 0.25) is 0 Å². The molecule has 0 aliphatic carbocycles. The highest BCUT2D eigenvalue weighted by Crippen LogP contribution is 2.39. The van der Waals surface area contributed by atoms with Gasteiger partial charge in [0.2, 0.25) is 0 Å². The third-order valence-electron chi connectivity index (χ3n) is 10.2. The van der Waals surface area contributed by atoms with E-state index < -0.39 is 6.23 Å². The van der Waals surface area contributed by atoms with E-state index in [1.807, 2.05) is 27.1 Å². The zero-order valence-electron chi connectivity index (χ0n) is 34.5. The number of aliphatic imine (C=N–C) groups is 1. The molecule has 9 heteroatoms. The lowest BCUT2D eigenvalue weighted by Crippen LogP contribution is -2.41. The van der Waals surface area contributed by atoms with Gasteiger partial charge in [0.15, 0.2) is 34.6 Å². The van der Waals surface area contributed by atoms with Crippen molar-refractivity contribution in [3.05, 3.63) is 58.7 Å². The standard InChI is InChI=1S/C44H66N2O7/c1-13-29(5)22-34(16-4)28-45-38-26-42(40(50-11)24-36(38)32(8)47)52-20-18-17-19-21-53-43-27-39(37(33(9)48)25-41(43)51-12)46(10)44(49)35(31(7)15-3)23-30(6)14-2/h13-14,24-28,31,34-35,44,49H,15-23H2,1-12H3/b29-13-,30-14-,45-28?. The molecule has 2 aromatic carbocycles. The van der Waals surface area contributed by atoms with Gasteiger partial charge in [-0.05, 0) is 104 Å². The van der Waals surface area contributed by atoms with Gasteiger partial charge in [-0.3, -0.25) is 14.6 Å². The first-order valence-electron chi connectivity index (χ1n) is 19.2. The first-order valence-corrected chi connectivity index (χ1v) is 19.2. The molecular formula is C44H66N2O7. The summed E-state index contributed by atoms with van der Waals surface area (Å²) < 4.78 is 23.6. The van der Waals surface area contributed by atoms with Crippen LogP contribution in [-0.4, -0.2) is 63.6 Å². The van der Waals surface area contributed by atoms with E-state index in [1.165, 1.54) is 25.0 Å². The van der Waals surface area contributed by atoms with E-state index in [0.29, 0.717) is 58.7 Å². The van der Waals surface area contributed by atoms with E-state index in [4.69, 9.17) is 23.9 Å². The van der Waals surface area contributed by atoms with Crippen LogP contribution >= 0.6 is 0 Å². The van der Waals surface area contributed by atoms with Gasteiger partial charge in [0, 0.05) is 42.4 Å². The Morgan fingerprint density at radius 3 is 1.79 bits per heavy atom. The zero-order chi connectivity index (χ0) is 39.7. The normalized spacial score (nSPS) is 14.4. The van der Waals surface area contributed by atoms with Crippen LogP contribution in [0.25, 0.3) is 0 Å². The molecule has 2 rings (SSSR count). The van der Waals surface area contributed by atoms with E-state index in [0.717, 1.165) is 44.9 Å². The quantitative estimate of drug-likeness (QED) is 0.0373. The van der Waals surface area contributed by atoms with Crippen molar-refractivity contribution in [3.8, 4) is 23.0 Å². The van der Waals surface area contributed by atoms with Gasteiger partial charge in [-0.25, -0.2) is 0 Å². The number of aliphatic hydroxyl groups excluding tert-OH is 1. The topological polar surface area (TPSA) is 107 Å². The summed E-state index contributed by atoms with van der Waals surface area (Å²) in [6, 6.07) is 7.01. The van der Waals surface area contributed by atoms with Gasteiger partial charge in [0.05, 0.1) is 38.8 Å². The molecule has 0 saturated heterocycles. The number of methoxy groups -OCH3 is 2. The number of aliphatic hydroxyl groups is 1. The molecule has 1 N–H and O–H groups in total. The van der Waals surface area contributed by atoms with Crippen molar-refractivity contribution in [2.45, 2.75) is 113 Å². The molecule has 4 atom stereocenters.